The lowest BCUT2D eigenvalue weighted by Crippen LogP contribution is -2.30. The van der Waals surface area contributed by atoms with E-state index in [1.807, 2.05) is 19.1 Å². The quantitative estimate of drug-likeness (QED) is 0.389. The maximum atomic E-state index is 11.9. The van der Waals surface area contributed by atoms with Crippen molar-refractivity contribution in [2.75, 3.05) is 18.4 Å². The van der Waals surface area contributed by atoms with Crippen LogP contribution in [0.2, 0.25) is 0 Å². The van der Waals surface area contributed by atoms with Gasteiger partial charge >= 0.3 is 0 Å². The minimum absolute atomic E-state index is 0.0148. The number of hydrogen-bond donors (Lipinski definition) is 1. The van der Waals surface area contributed by atoms with Crippen LogP contribution in [0.25, 0.3) is 0 Å². The van der Waals surface area contributed by atoms with Gasteiger partial charge in [-0.1, -0.05) is 18.2 Å². The second-order valence-corrected chi connectivity index (χ2v) is 4.96. The second-order valence-electron chi connectivity index (χ2n) is 4.96. The molecule has 0 aromatic carbocycles. The van der Waals surface area contributed by atoms with Crippen LogP contribution in [0, 0.1) is 10.1 Å². The lowest BCUT2D eigenvalue weighted by molar-refractivity contribution is -0.385. The van der Waals surface area contributed by atoms with Crippen molar-refractivity contribution in [2.24, 2.45) is 0 Å². The summed E-state index contributed by atoms with van der Waals surface area (Å²) in [4.78, 5) is 27.8. The van der Waals surface area contributed by atoms with E-state index in [9.17, 15) is 14.9 Å². The average Bonchev–Trinajstić information content (AvgIpc) is 2.96. The van der Waals surface area contributed by atoms with Gasteiger partial charge in [-0.15, -0.1) is 0 Å². The molecule has 1 aromatic heterocycles. The predicted molar refractivity (Wildman–Crippen MR) is 83.5 cm³/mol. The van der Waals surface area contributed by atoms with Crippen LogP contribution < -0.4 is 5.32 Å². The predicted octanol–water partition coefficient (Wildman–Crippen LogP) is 2.13. The van der Waals surface area contributed by atoms with Crippen LogP contribution in [0.1, 0.15) is 13.3 Å². The van der Waals surface area contributed by atoms with Gasteiger partial charge in [0, 0.05) is 31.3 Å². The van der Waals surface area contributed by atoms with Gasteiger partial charge in [0.15, 0.2) is 0 Å². The van der Waals surface area contributed by atoms with E-state index in [2.05, 4.69) is 10.3 Å². The molecule has 116 valence electrons. The molecule has 1 fully saturated rings. The third kappa shape index (κ3) is 4.15. The highest BCUT2D eigenvalue weighted by atomic mass is 16.6. The fraction of sp³-hybridized carbons (Fsp3) is 0.333. The number of anilines is 1. The van der Waals surface area contributed by atoms with E-state index in [1.165, 1.54) is 12.3 Å². The van der Waals surface area contributed by atoms with Gasteiger partial charge in [0.2, 0.25) is 5.91 Å². The van der Waals surface area contributed by atoms with Crippen LogP contribution in [0.15, 0.2) is 42.6 Å². The zero-order valence-corrected chi connectivity index (χ0v) is 12.3. The Morgan fingerprint density at radius 1 is 1.50 bits per heavy atom. The van der Waals surface area contributed by atoms with Crippen LogP contribution in [-0.4, -0.2) is 39.8 Å². The van der Waals surface area contributed by atoms with Crippen molar-refractivity contribution in [3.8, 4) is 0 Å². The molecule has 7 heteroatoms. The Bertz CT molecular complexity index is 595. The van der Waals surface area contributed by atoms with Gasteiger partial charge in [-0.05, 0) is 19.4 Å². The molecule has 1 saturated heterocycles. The Morgan fingerprint density at radius 3 is 2.95 bits per heavy atom. The number of rotatable bonds is 5. The molecular weight excluding hydrogens is 284 g/mol. The zero-order valence-electron chi connectivity index (χ0n) is 12.3. The summed E-state index contributed by atoms with van der Waals surface area (Å²) in [5, 5.41) is 13.8. The van der Waals surface area contributed by atoms with Crippen molar-refractivity contribution < 1.29 is 9.72 Å². The largest absolute Gasteiger partial charge is 0.365 e. The summed E-state index contributed by atoms with van der Waals surface area (Å²) >= 11 is 0. The maximum Gasteiger partial charge on any atom is 0.287 e. The lowest BCUT2D eigenvalue weighted by Gasteiger charge is -2.15. The summed E-state index contributed by atoms with van der Waals surface area (Å²) in [7, 11) is 0. The highest BCUT2D eigenvalue weighted by Gasteiger charge is 2.25. The minimum Gasteiger partial charge on any atom is -0.365 e. The van der Waals surface area contributed by atoms with E-state index in [4.69, 9.17) is 0 Å². The van der Waals surface area contributed by atoms with Crippen molar-refractivity contribution >= 4 is 17.4 Å². The van der Waals surface area contributed by atoms with Crippen molar-refractivity contribution in [2.45, 2.75) is 19.4 Å². The van der Waals surface area contributed by atoms with Crippen LogP contribution in [0.5, 0.6) is 0 Å². The minimum atomic E-state index is -0.482. The number of aromatic nitrogens is 1. The smallest absolute Gasteiger partial charge is 0.287 e. The molecule has 0 spiro atoms. The Labute approximate surface area is 128 Å². The van der Waals surface area contributed by atoms with Gasteiger partial charge in [0.1, 0.15) is 12.0 Å². The molecule has 1 aromatic rings. The molecule has 1 aliphatic rings. The number of amides is 1. The molecular formula is C15H18N4O3. The highest BCUT2D eigenvalue weighted by Crippen LogP contribution is 2.17. The maximum absolute atomic E-state index is 11.9. The summed E-state index contributed by atoms with van der Waals surface area (Å²) < 4.78 is 0. The van der Waals surface area contributed by atoms with Gasteiger partial charge in [-0.3, -0.25) is 14.9 Å². The first kappa shape index (κ1) is 15.7. The molecule has 2 rings (SSSR count). The third-order valence-corrected chi connectivity index (χ3v) is 3.35. The van der Waals surface area contributed by atoms with Crippen LogP contribution in [0.4, 0.5) is 11.5 Å². The molecule has 1 aliphatic heterocycles. The summed E-state index contributed by atoms with van der Waals surface area (Å²) in [6.45, 7) is 3.17. The van der Waals surface area contributed by atoms with E-state index in [0.29, 0.717) is 18.9 Å². The van der Waals surface area contributed by atoms with Gasteiger partial charge < -0.3 is 10.2 Å². The average molecular weight is 302 g/mol. The van der Waals surface area contributed by atoms with Gasteiger partial charge in [0.05, 0.1) is 4.92 Å². The third-order valence-electron chi connectivity index (χ3n) is 3.35. The topological polar surface area (TPSA) is 88.4 Å². The summed E-state index contributed by atoms with van der Waals surface area (Å²) in [6, 6.07) is 3.09. The molecule has 1 unspecified atom stereocenters. The summed E-state index contributed by atoms with van der Waals surface area (Å²) in [6.07, 6.45) is 8.98. The number of likely N-dealkylation sites (tertiary alicyclic amines) is 1. The van der Waals surface area contributed by atoms with E-state index in [1.54, 1.807) is 23.1 Å². The van der Waals surface area contributed by atoms with E-state index in [-0.39, 0.29) is 17.6 Å². The molecule has 0 aliphatic carbocycles. The van der Waals surface area contributed by atoms with Crippen LogP contribution >= 0.6 is 0 Å². The van der Waals surface area contributed by atoms with E-state index >= 15 is 0 Å². The summed E-state index contributed by atoms with van der Waals surface area (Å²) in [5.74, 6) is 0.563. The van der Waals surface area contributed by atoms with Crippen molar-refractivity contribution in [3.05, 3.63) is 52.7 Å². The molecule has 1 atom stereocenters. The van der Waals surface area contributed by atoms with Crippen LogP contribution in [-0.2, 0) is 4.79 Å². The van der Waals surface area contributed by atoms with Crippen molar-refractivity contribution in [3.63, 3.8) is 0 Å². The first-order valence-corrected chi connectivity index (χ1v) is 7.05. The fourth-order valence-electron chi connectivity index (χ4n) is 2.22. The Hall–Kier alpha value is -2.70. The van der Waals surface area contributed by atoms with Gasteiger partial charge in [0.25, 0.3) is 5.69 Å². The Morgan fingerprint density at radius 2 is 2.32 bits per heavy atom. The SMILES string of the molecule is C/C=C/C=C/C(=O)N1CCC(Nc2ccc([N+](=O)[O-])cn2)C1. The molecule has 1 N–H and O–H groups in total. The molecule has 22 heavy (non-hydrogen) atoms. The lowest BCUT2D eigenvalue weighted by atomic mass is 10.2. The molecule has 2 heterocycles. The van der Waals surface area contributed by atoms with Crippen LogP contribution in [0.3, 0.4) is 0 Å². The number of carbonyl (C=O) groups excluding carboxylic acids is 1. The molecule has 7 nitrogen and oxygen atoms in total. The number of nitrogens with zero attached hydrogens (tertiary/aromatic N) is 3. The molecule has 1 amide bonds. The fourth-order valence-corrected chi connectivity index (χ4v) is 2.22. The van der Waals surface area contributed by atoms with Crippen molar-refractivity contribution in [1.82, 2.24) is 9.88 Å². The number of hydrogen-bond acceptors (Lipinski definition) is 5. The standard InChI is InChI=1S/C15H18N4O3/c1-2-3-4-5-15(20)18-9-8-12(11-18)17-14-7-6-13(10-16-14)19(21)22/h2-7,10,12H,8-9,11H2,1H3,(H,16,17)/b3-2+,5-4+. The number of carbonyl (C=O) groups is 1. The van der Waals surface area contributed by atoms with Gasteiger partial charge in [-0.2, -0.15) is 0 Å². The second kappa shape index (κ2) is 7.35. The number of pyridine rings is 1. The molecule has 0 radical (unpaired) electrons. The Balaban J connectivity index is 1.88. The van der Waals surface area contributed by atoms with Crippen molar-refractivity contribution in [1.29, 1.82) is 0 Å². The number of allylic oxidation sites excluding steroid dienone is 3. The number of nitro groups is 1. The zero-order chi connectivity index (χ0) is 15.9. The molecule has 0 bridgehead atoms. The number of nitrogens with one attached hydrogen (secondary N) is 1. The molecule has 0 saturated carbocycles. The van der Waals surface area contributed by atoms with Gasteiger partial charge in [-0.25, -0.2) is 4.98 Å². The highest BCUT2D eigenvalue weighted by molar-refractivity contribution is 5.88. The first-order chi connectivity index (χ1) is 10.6. The first-order valence-electron chi connectivity index (χ1n) is 7.05. The van der Waals surface area contributed by atoms with E-state index < -0.39 is 4.92 Å². The monoisotopic (exact) mass is 302 g/mol. The van der Waals surface area contributed by atoms with E-state index in [0.717, 1.165) is 6.42 Å². The summed E-state index contributed by atoms with van der Waals surface area (Å²) in [5.41, 5.74) is -0.0390. The Kier molecular flexibility index (Phi) is 5.24. The normalized spacial score (nSPS) is 18.2.